The predicted molar refractivity (Wildman–Crippen MR) is 66.3 cm³/mol. The molecule has 0 saturated carbocycles. The Morgan fingerprint density at radius 2 is 1.78 bits per heavy atom. The number of hydrogen-bond donors (Lipinski definition) is 1. The van der Waals surface area contributed by atoms with E-state index in [2.05, 4.69) is 5.32 Å². The number of nitrogens with one attached hydrogen (secondary N) is 1. The van der Waals surface area contributed by atoms with E-state index in [4.69, 9.17) is 14.2 Å². The third-order valence-corrected chi connectivity index (χ3v) is 1.81. The lowest BCUT2D eigenvalue weighted by Gasteiger charge is -2.22. The van der Waals surface area contributed by atoms with Crippen molar-refractivity contribution in [2.45, 2.75) is 52.4 Å². The summed E-state index contributed by atoms with van der Waals surface area (Å²) in [5.41, 5.74) is -0.600. The van der Waals surface area contributed by atoms with Gasteiger partial charge in [-0.25, -0.2) is 9.59 Å². The normalized spacial score (nSPS) is 14.6. The summed E-state index contributed by atoms with van der Waals surface area (Å²) in [6.45, 7) is 8.79. The van der Waals surface area contributed by atoms with Gasteiger partial charge in [-0.3, -0.25) is 0 Å². The maximum Gasteiger partial charge on any atom is 0.408 e. The molecule has 0 rings (SSSR count). The molecule has 0 radical (unpaired) electrons. The van der Waals surface area contributed by atoms with Gasteiger partial charge in [0.1, 0.15) is 17.7 Å². The molecular formula is C12H23NO5. The van der Waals surface area contributed by atoms with Crippen molar-refractivity contribution < 1.29 is 23.8 Å². The van der Waals surface area contributed by atoms with Crippen LogP contribution in [0.2, 0.25) is 0 Å². The number of carbonyl (C=O) groups is 2. The quantitative estimate of drug-likeness (QED) is 0.759. The smallest absolute Gasteiger partial charge is 0.408 e. The van der Waals surface area contributed by atoms with Gasteiger partial charge in [-0.05, 0) is 34.6 Å². The molecule has 0 aliphatic rings. The molecule has 0 saturated heterocycles. The Labute approximate surface area is 108 Å². The molecule has 106 valence electrons. The van der Waals surface area contributed by atoms with Gasteiger partial charge < -0.3 is 19.5 Å². The molecule has 0 fully saturated rings. The minimum atomic E-state index is -0.765. The van der Waals surface area contributed by atoms with Crippen LogP contribution in [-0.2, 0) is 19.0 Å². The van der Waals surface area contributed by atoms with Crippen molar-refractivity contribution in [2.24, 2.45) is 0 Å². The SMILES string of the molecule is COCC(C)OC(=O)C(C)NC(=O)OC(C)(C)C. The second kappa shape index (κ2) is 7.20. The molecule has 0 spiro atoms. The van der Waals surface area contributed by atoms with Crippen molar-refractivity contribution in [1.82, 2.24) is 5.32 Å². The van der Waals surface area contributed by atoms with Crippen LogP contribution in [0, 0.1) is 0 Å². The summed E-state index contributed by atoms with van der Waals surface area (Å²) in [5.74, 6) is -0.523. The summed E-state index contributed by atoms with van der Waals surface area (Å²) in [6, 6.07) is -0.765. The minimum absolute atomic E-state index is 0.310. The Kier molecular flexibility index (Phi) is 6.68. The van der Waals surface area contributed by atoms with Crippen LogP contribution in [0.3, 0.4) is 0 Å². The number of esters is 1. The topological polar surface area (TPSA) is 73.9 Å². The van der Waals surface area contributed by atoms with Crippen LogP contribution in [0.5, 0.6) is 0 Å². The number of rotatable bonds is 5. The number of ether oxygens (including phenoxy) is 3. The molecule has 2 unspecified atom stereocenters. The summed E-state index contributed by atoms with van der Waals surface area (Å²) in [6.07, 6.45) is -1.00. The second-order valence-electron chi connectivity index (χ2n) is 5.07. The molecule has 0 aliphatic heterocycles. The van der Waals surface area contributed by atoms with E-state index < -0.39 is 23.7 Å². The number of hydrogen-bond acceptors (Lipinski definition) is 5. The highest BCUT2D eigenvalue weighted by atomic mass is 16.6. The molecule has 0 aromatic carbocycles. The van der Waals surface area contributed by atoms with Crippen molar-refractivity contribution >= 4 is 12.1 Å². The molecular weight excluding hydrogens is 238 g/mol. The first-order chi connectivity index (χ1) is 8.15. The van der Waals surface area contributed by atoms with Crippen molar-refractivity contribution in [1.29, 1.82) is 0 Å². The van der Waals surface area contributed by atoms with E-state index in [1.807, 2.05) is 0 Å². The summed E-state index contributed by atoms with van der Waals surface area (Å²) in [5, 5.41) is 2.41. The zero-order valence-electron chi connectivity index (χ0n) is 11.9. The van der Waals surface area contributed by atoms with Crippen molar-refractivity contribution in [3.8, 4) is 0 Å². The largest absolute Gasteiger partial charge is 0.459 e. The van der Waals surface area contributed by atoms with E-state index in [-0.39, 0.29) is 6.10 Å². The van der Waals surface area contributed by atoms with E-state index >= 15 is 0 Å². The van der Waals surface area contributed by atoms with Crippen molar-refractivity contribution in [3.05, 3.63) is 0 Å². The van der Waals surface area contributed by atoms with Gasteiger partial charge >= 0.3 is 12.1 Å². The second-order valence-corrected chi connectivity index (χ2v) is 5.07. The van der Waals surface area contributed by atoms with E-state index in [0.717, 1.165) is 0 Å². The predicted octanol–water partition coefficient (Wildman–Crippen LogP) is 1.48. The summed E-state index contributed by atoms with van der Waals surface area (Å²) in [7, 11) is 1.52. The molecule has 1 amide bonds. The van der Waals surface area contributed by atoms with Gasteiger partial charge in [0.2, 0.25) is 0 Å². The molecule has 1 N–H and O–H groups in total. The zero-order chi connectivity index (χ0) is 14.3. The van der Waals surface area contributed by atoms with E-state index in [9.17, 15) is 9.59 Å². The van der Waals surface area contributed by atoms with Gasteiger partial charge in [-0.1, -0.05) is 0 Å². The lowest BCUT2D eigenvalue weighted by Crippen LogP contribution is -2.43. The first kappa shape index (κ1) is 16.7. The molecule has 6 nitrogen and oxygen atoms in total. The van der Waals surface area contributed by atoms with Gasteiger partial charge in [0.05, 0.1) is 6.61 Å². The van der Waals surface area contributed by atoms with Crippen LogP contribution < -0.4 is 5.32 Å². The molecule has 2 atom stereocenters. The molecule has 0 aliphatic carbocycles. The number of alkyl carbamates (subject to hydrolysis) is 1. The van der Waals surface area contributed by atoms with E-state index in [1.54, 1.807) is 27.7 Å². The molecule has 6 heteroatoms. The van der Waals surface area contributed by atoms with Crippen LogP contribution in [0.4, 0.5) is 4.79 Å². The summed E-state index contributed by atoms with van der Waals surface area (Å²) < 4.78 is 14.9. The lowest BCUT2D eigenvalue weighted by atomic mass is 10.2. The third-order valence-electron chi connectivity index (χ3n) is 1.81. The monoisotopic (exact) mass is 261 g/mol. The molecule has 0 bridgehead atoms. The maximum absolute atomic E-state index is 11.6. The van der Waals surface area contributed by atoms with Crippen molar-refractivity contribution in [3.63, 3.8) is 0 Å². The van der Waals surface area contributed by atoms with Gasteiger partial charge in [-0.2, -0.15) is 0 Å². The fourth-order valence-electron chi connectivity index (χ4n) is 1.11. The number of carbonyl (C=O) groups excluding carboxylic acids is 2. The summed E-state index contributed by atoms with van der Waals surface area (Å²) >= 11 is 0. The minimum Gasteiger partial charge on any atom is -0.459 e. The highest BCUT2D eigenvalue weighted by molar-refractivity contribution is 5.81. The van der Waals surface area contributed by atoms with E-state index in [0.29, 0.717) is 6.61 Å². The Balaban J connectivity index is 4.12. The van der Waals surface area contributed by atoms with Crippen molar-refractivity contribution in [2.75, 3.05) is 13.7 Å². The van der Waals surface area contributed by atoms with Crippen LogP contribution in [0.1, 0.15) is 34.6 Å². The molecule has 18 heavy (non-hydrogen) atoms. The van der Waals surface area contributed by atoms with Crippen LogP contribution >= 0.6 is 0 Å². The average Bonchev–Trinajstić information content (AvgIpc) is 2.14. The van der Waals surface area contributed by atoms with Gasteiger partial charge in [0.25, 0.3) is 0 Å². The number of methoxy groups -OCH3 is 1. The fraction of sp³-hybridized carbons (Fsp3) is 0.833. The van der Waals surface area contributed by atoms with Gasteiger partial charge in [0.15, 0.2) is 0 Å². The Bertz CT molecular complexity index is 285. The average molecular weight is 261 g/mol. The first-order valence-electron chi connectivity index (χ1n) is 5.84. The standard InChI is InChI=1S/C12H23NO5/c1-8(7-16-6)17-10(14)9(2)13-11(15)18-12(3,4)5/h8-9H,7H2,1-6H3,(H,13,15). The Morgan fingerprint density at radius 1 is 1.22 bits per heavy atom. The Hall–Kier alpha value is -1.30. The maximum atomic E-state index is 11.6. The van der Waals surface area contributed by atoms with Gasteiger partial charge in [0, 0.05) is 7.11 Å². The molecule has 0 aromatic heterocycles. The third kappa shape index (κ3) is 7.89. The zero-order valence-corrected chi connectivity index (χ0v) is 11.9. The number of amides is 1. The van der Waals surface area contributed by atoms with E-state index in [1.165, 1.54) is 14.0 Å². The first-order valence-corrected chi connectivity index (χ1v) is 5.84. The Morgan fingerprint density at radius 3 is 2.22 bits per heavy atom. The van der Waals surface area contributed by atoms with Crippen LogP contribution in [0.15, 0.2) is 0 Å². The lowest BCUT2D eigenvalue weighted by molar-refractivity contribution is -0.152. The fourth-order valence-corrected chi connectivity index (χ4v) is 1.11. The molecule has 0 aromatic rings. The molecule has 0 heterocycles. The van der Waals surface area contributed by atoms with Crippen LogP contribution in [0.25, 0.3) is 0 Å². The van der Waals surface area contributed by atoms with Crippen LogP contribution in [-0.4, -0.2) is 43.5 Å². The highest BCUT2D eigenvalue weighted by Crippen LogP contribution is 2.07. The highest BCUT2D eigenvalue weighted by Gasteiger charge is 2.22. The summed E-state index contributed by atoms with van der Waals surface area (Å²) in [4.78, 5) is 23.0. The van der Waals surface area contributed by atoms with Gasteiger partial charge in [-0.15, -0.1) is 0 Å².